The van der Waals surface area contributed by atoms with Crippen LogP contribution in [0.1, 0.15) is 44.1 Å². The van der Waals surface area contributed by atoms with Gasteiger partial charge in [0.25, 0.3) is 0 Å². The van der Waals surface area contributed by atoms with E-state index < -0.39 is 5.60 Å². The van der Waals surface area contributed by atoms with Crippen LogP contribution in [0.5, 0.6) is 0 Å². The lowest BCUT2D eigenvalue weighted by Gasteiger charge is -2.27. The molecule has 2 aromatic rings. The Morgan fingerprint density at radius 1 is 1.05 bits per heavy atom. The van der Waals surface area contributed by atoms with Crippen LogP contribution in [0.4, 0.5) is 0 Å². The highest BCUT2D eigenvalue weighted by atomic mass is 16.3. The van der Waals surface area contributed by atoms with Gasteiger partial charge < -0.3 is 10.4 Å². The first-order valence-electron chi connectivity index (χ1n) is 8.01. The van der Waals surface area contributed by atoms with Crippen LogP contribution in [0.25, 0.3) is 10.8 Å². The van der Waals surface area contributed by atoms with Gasteiger partial charge in [0.05, 0.1) is 5.60 Å². The number of nitrogens with zero attached hydrogens (tertiary/aromatic N) is 1. The molecule has 0 unspecified atom stereocenters. The molecular weight excluding hydrogens is 260 g/mol. The highest BCUT2D eigenvalue weighted by molar-refractivity contribution is 5.81. The Balaban J connectivity index is 1.58. The second-order valence-electron chi connectivity index (χ2n) is 6.30. The summed E-state index contributed by atoms with van der Waals surface area (Å²) in [7, 11) is 0. The maximum Gasteiger partial charge on any atom is 0.0771 e. The molecule has 1 aromatic carbocycles. The quantitative estimate of drug-likeness (QED) is 0.846. The number of fused-ring (bicyclic) bond motifs is 1. The first-order valence-corrected chi connectivity index (χ1v) is 8.01. The average molecular weight is 284 g/mol. The minimum atomic E-state index is -0.503. The summed E-state index contributed by atoms with van der Waals surface area (Å²) < 4.78 is 0. The molecule has 3 heteroatoms. The van der Waals surface area contributed by atoms with Crippen molar-refractivity contribution < 1.29 is 5.11 Å². The molecule has 0 spiro atoms. The highest BCUT2D eigenvalue weighted by Crippen LogP contribution is 2.26. The van der Waals surface area contributed by atoms with E-state index in [0.29, 0.717) is 6.54 Å². The normalized spacial score (nSPS) is 18.5. The van der Waals surface area contributed by atoms with Gasteiger partial charge in [0.2, 0.25) is 0 Å². The van der Waals surface area contributed by atoms with Gasteiger partial charge in [0.1, 0.15) is 0 Å². The van der Waals surface area contributed by atoms with E-state index in [1.165, 1.54) is 29.2 Å². The van der Waals surface area contributed by atoms with Gasteiger partial charge in [-0.1, -0.05) is 37.8 Å². The summed E-state index contributed by atoms with van der Waals surface area (Å²) in [6.45, 7) is 1.50. The molecule has 1 aliphatic carbocycles. The maximum atomic E-state index is 10.6. The van der Waals surface area contributed by atoms with Gasteiger partial charge in [-0.15, -0.1) is 0 Å². The fourth-order valence-corrected chi connectivity index (χ4v) is 3.25. The van der Waals surface area contributed by atoms with Crippen molar-refractivity contribution in [3.05, 3.63) is 42.2 Å². The number of rotatable bonds is 4. The van der Waals surface area contributed by atoms with Crippen LogP contribution >= 0.6 is 0 Å². The average Bonchev–Trinajstić information content (AvgIpc) is 2.72. The molecule has 112 valence electrons. The van der Waals surface area contributed by atoms with Crippen molar-refractivity contribution in [3.63, 3.8) is 0 Å². The van der Waals surface area contributed by atoms with E-state index in [9.17, 15) is 5.11 Å². The summed E-state index contributed by atoms with van der Waals surface area (Å²) in [6.07, 6.45) is 10.4. The van der Waals surface area contributed by atoms with Gasteiger partial charge >= 0.3 is 0 Å². The minimum absolute atomic E-state index is 0.503. The van der Waals surface area contributed by atoms with Crippen LogP contribution in [-0.4, -0.2) is 22.2 Å². The van der Waals surface area contributed by atoms with E-state index in [-0.39, 0.29) is 0 Å². The third kappa shape index (κ3) is 3.80. The van der Waals surface area contributed by atoms with Crippen molar-refractivity contribution >= 4 is 10.8 Å². The van der Waals surface area contributed by atoms with Gasteiger partial charge in [0.15, 0.2) is 0 Å². The van der Waals surface area contributed by atoms with Crippen LogP contribution in [0.15, 0.2) is 36.7 Å². The standard InChI is InChI=1S/C18H24N2O/c21-18(8-3-1-2-4-9-18)14-20-12-15-5-6-17-13-19-10-7-16(17)11-15/h5-7,10-11,13,20-21H,1-4,8-9,12,14H2. The van der Waals surface area contributed by atoms with E-state index in [0.717, 1.165) is 32.2 Å². The lowest BCUT2D eigenvalue weighted by Crippen LogP contribution is -2.39. The summed E-state index contributed by atoms with van der Waals surface area (Å²) in [5.41, 5.74) is 0.753. The molecule has 1 aromatic heterocycles. The number of aromatic nitrogens is 1. The minimum Gasteiger partial charge on any atom is -0.389 e. The summed E-state index contributed by atoms with van der Waals surface area (Å²) in [4.78, 5) is 4.14. The van der Waals surface area contributed by atoms with Gasteiger partial charge in [0, 0.05) is 30.9 Å². The van der Waals surface area contributed by atoms with Crippen molar-refractivity contribution in [2.75, 3.05) is 6.54 Å². The largest absolute Gasteiger partial charge is 0.389 e. The zero-order valence-electron chi connectivity index (χ0n) is 12.5. The number of hydrogen-bond acceptors (Lipinski definition) is 3. The fourth-order valence-electron chi connectivity index (χ4n) is 3.25. The van der Waals surface area contributed by atoms with Crippen molar-refractivity contribution in [1.82, 2.24) is 10.3 Å². The predicted octanol–water partition coefficient (Wildman–Crippen LogP) is 3.41. The van der Waals surface area contributed by atoms with Crippen molar-refractivity contribution in [1.29, 1.82) is 0 Å². The number of aliphatic hydroxyl groups is 1. The molecular formula is C18H24N2O. The molecule has 0 atom stereocenters. The van der Waals surface area contributed by atoms with Crippen LogP contribution in [0.3, 0.4) is 0 Å². The Bertz CT molecular complexity index is 589. The van der Waals surface area contributed by atoms with E-state index in [4.69, 9.17) is 0 Å². The first kappa shape index (κ1) is 14.5. The van der Waals surface area contributed by atoms with Gasteiger partial charge in [-0.2, -0.15) is 0 Å². The summed E-state index contributed by atoms with van der Waals surface area (Å²) in [5.74, 6) is 0. The van der Waals surface area contributed by atoms with Gasteiger partial charge in [-0.05, 0) is 35.9 Å². The fraction of sp³-hybridized carbons (Fsp3) is 0.500. The molecule has 1 heterocycles. The number of pyridine rings is 1. The molecule has 1 saturated carbocycles. The van der Waals surface area contributed by atoms with Crippen molar-refractivity contribution in [3.8, 4) is 0 Å². The molecule has 0 aliphatic heterocycles. The van der Waals surface area contributed by atoms with Gasteiger partial charge in [-0.3, -0.25) is 4.98 Å². The Morgan fingerprint density at radius 3 is 2.67 bits per heavy atom. The second-order valence-corrected chi connectivity index (χ2v) is 6.30. The third-order valence-corrected chi connectivity index (χ3v) is 4.52. The van der Waals surface area contributed by atoms with E-state index in [1.807, 2.05) is 18.5 Å². The predicted molar refractivity (Wildman–Crippen MR) is 86.1 cm³/mol. The zero-order chi connectivity index (χ0) is 14.5. The maximum absolute atomic E-state index is 10.6. The molecule has 1 aliphatic rings. The molecule has 0 saturated heterocycles. The molecule has 0 radical (unpaired) electrons. The Morgan fingerprint density at radius 2 is 1.86 bits per heavy atom. The molecule has 0 amide bonds. The molecule has 2 N–H and O–H groups in total. The monoisotopic (exact) mass is 284 g/mol. The van der Waals surface area contributed by atoms with Crippen molar-refractivity contribution in [2.24, 2.45) is 0 Å². The molecule has 1 fully saturated rings. The van der Waals surface area contributed by atoms with E-state index >= 15 is 0 Å². The first-order chi connectivity index (χ1) is 10.3. The van der Waals surface area contributed by atoms with Gasteiger partial charge in [-0.25, -0.2) is 0 Å². The van der Waals surface area contributed by atoms with Crippen LogP contribution in [0, 0.1) is 0 Å². The van der Waals surface area contributed by atoms with Crippen LogP contribution in [0.2, 0.25) is 0 Å². The lowest BCUT2D eigenvalue weighted by atomic mass is 9.94. The van der Waals surface area contributed by atoms with Crippen LogP contribution < -0.4 is 5.32 Å². The summed E-state index contributed by atoms with van der Waals surface area (Å²) >= 11 is 0. The van der Waals surface area contributed by atoms with Crippen molar-refractivity contribution in [2.45, 2.75) is 50.7 Å². The SMILES string of the molecule is OC1(CNCc2ccc3cnccc3c2)CCCCCC1. The topological polar surface area (TPSA) is 45.1 Å². The lowest BCUT2D eigenvalue weighted by molar-refractivity contribution is 0.0250. The molecule has 3 nitrogen and oxygen atoms in total. The zero-order valence-corrected chi connectivity index (χ0v) is 12.5. The number of benzene rings is 1. The Kier molecular flexibility index (Phi) is 4.51. The Hall–Kier alpha value is -1.45. The molecule has 0 bridgehead atoms. The molecule has 21 heavy (non-hydrogen) atoms. The van der Waals surface area contributed by atoms with E-state index in [1.54, 1.807) is 0 Å². The second kappa shape index (κ2) is 6.54. The highest BCUT2D eigenvalue weighted by Gasteiger charge is 2.27. The number of nitrogens with one attached hydrogen (secondary N) is 1. The van der Waals surface area contributed by atoms with Crippen LogP contribution in [-0.2, 0) is 6.54 Å². The Labute approximate surface area is 126 Å². The number of hydrogen-bond donors (Lipinski definition) is 2. The summed E-state index contributed by atoms with van der Waals surface area (Å²) in [6, 6.07) is 8.48. The molecule has 3 rings (SSSR count). The summed E-state index contributed by atoms with van der Waals surface area (Å²) in [5, 5.41) is 16.5. The third-order valence-electron chi connectivity index (χ3n) is 4.52. The van der Waals surface area contributed by atoms with E-state index in [2.05, 4.69) is 28.5 Å². The smallest absolute Gasteiger partial charge is 0.0771 e.